The Morgan fingerprint density at radius 2 is 1.92 bits per heavy atom. The second-order valence-electron chi connectivity index (χ2n) is 9.16. The molecular formula is C23H38O3. The molecule has 0 aliphatic heterocycles. The zero-order valence-electron chi connectivity index (χ0n) is 16.5. The average Bonchev–Trinajstić information content (AvgIpc) is 2.66. The van der Waals surface area contributed by atoms with Crippen LogP contribution in [0.25, 0.3) is 0 Å². The van der Waals surface area contributed by atoms with E-state index in [0.29, 0.717) is 18.1 Å². The van der Waals surface area contributed by atoms with E-state index in [0.717, 1.165) is 38.5 Å². The number of ketones is 1. The lowest BCUT2D eigenvalue weighted by Crippen LogP contribution is -2.58. The summed E-state index contributed by atoms with van der Waals surface area (Å²) >= 11 is 0. The van der Waals surface area contributed by atoms with Gasteiger partial charge in [-0.3, -0.25) is 4.79 Å². The van der Waals surface area contributed by atoms with Gasteiger partial charge in [0.1, 0.15) is 5.78 Å². The number of Topliss-reactive ketones (excluding diaryl/α,β-unsaturated/α-hetero) is 1. The molecule has 0 amide bonds. The molecule has 0 unspecified atom stereocenters. The largest absolute Gasteiger partial charge is 0.393 e. The molecule has 5 atom stereocenters. The quantitative estimate of drug-likeness (QED) is 0.482. The summed E-state index contributed by atoms with van der Waals surface area (Å²) in [6.07, 6.45) is 17.2. The SMILES string of the molecule is CCCCCC[C@]12CC[C@@H](O)[C@H](C=C[C@@H](O)C3CCCCC3)[C@H]1CC2=O. The molecule has 148 valence electrons. The van der Waals surface area contributed by atoms with Gasteiger partial charge in [-0.2, -0.15) is 0 Å². The highest BCUT2D eigenvalue weighted by atomic mass is 16.3. The van der Waals surface area contributed by atoms with Gasteiger partial charge in [0.2, 0.25) is 0 Å². The van der Waals surface area contributed by atoms with Gasteiger partial charge in [-0.15, -0.1) is 0 Å². The molecule has 26 heavy (non-hydrogen) atoms. The predicted octanol–water partition coefficient (Wildman–Crippen LogP) is 4.80. The molecule has 3 aliphatic rings. The topological polar surface area (TPSA) is 57.5 Å². The maximum atomic E-state index is 12.5. The zero-order valence-corrected chi connectivity index (χ0v) is 16.5. The van der Waals surface area contributed by atoms with Crippen LogP contribution in [0.4, 0.5) is 0 Å². The summed E-state index contributed by atoms with van der Waals surface area (Å²) in [5.74, 6) is 1.14. The normalized spacial score (nSPS) is 36.7. The number of rotatable bonds is 8. The predicted molar refractivity (Wildman–Crippen MR) is 105 cm³/mol. The highest BCUT2D eigenvalue weighted by Crippen LogP contribution is 2.58. The van der Waals surface area contributed by atoms with E-state index >= 15 is 0 Å². The van der Waals surface area contributed by atoms with Gasteiger partial charge in [-0.25, -0.2) is 0 Å². The minimum atomic E-state index is -0.390. The van der Waals surface area contributed by atoms with Crippen molar-refractivity contribution in [3.05, 3.63) is 12.2 Å². The average molecular weight is 363 g/mol. The van der Waals surface area contributed by atoms with Crippen LogP contribution in [0.15, 0.2) is 12.2 Å². The highest BCUT2D eigenvalue weighted by Gasteiger charge is 2.59. The fourth-order valence-electron chi connectivity index (χ4n) is 5.82. The third-order valence-corrected chi connectivity index (χ3v) is 7.61. The Morgan fingerprint density at radius 3 is 2.62 bits per heavy atom. The minimum absolute atomic E-state index is 0.0471. The van der Waals surface area contributed by atoms with Gasteiger partial charge in [0.05, 0.1) is 12.2 Å². The molecule has 3 fully saturated rings. The van der Waals surface area contributed by atoms with Crippen molar-refractivity contribution >= 4 is 5.78 Å². The highest BCUT2D eigenvalue weighted by molar-refractivity contribution is 5.91. The van der Waals surface area contributed by atoms with Crippen LogP contribution >= 0.6 is 0 Å². The number of fused-ring (bicyclic) bond motifs is 1. The first-order valence-electron chi connectivity index (χ1n) is 11.2. The van der Waals surface area contributed by atoms with Crippen LogP contribution in [-0.2, 0) is 4.79 Å². The summed E-state index contributed by atoms with van der Waals surface area (Å²) in [4.78, 5) is 12.5. The summed E-state index contributed by atoms with van der Waals surface area (Å²) in [6, 6.07) is 0. The van der Waals surface area contributed by atoms with Crippen molar-refractivity contribution in [2.45, 2.75) is 103 Å². The molecule has 3 nitrogen and oxygen atoms in total. The molecule has 0 bridgehead atoms. The van der Waals surface area contributed by atoms with E-state index in [1.807, 2.05) is 6.08 Å². The van der Waals surface area contributed by atoms with Gasteiger partial charge >= 0.3 is 0 Å². The van der Waals surface area contributed by atoms with Crippen LogP contribution in [-0.4, -0.2) is 28.2 Å². The van der Waals surface area contributed by atoms with Crippen molar-refractivity contribution in [3.8, 4) is 0 Å². The smallest absolute Gasteiger partial charge is 0.139 e. The van der Waals surface area contributed by atoms with Gasteiger partial charge in [-0.1, -0.05) is 64.0 Å². The Balaban J connectivity index is 1.62. The number of carbonyl (C=O) groups excluding carboxylic acids is 1. The van der Waals surface area contributed by atoms with Crippen molar-refractivity contribution in [2.75, 3.05) is 0 Å². The van der Waals surface area contributed by atoms with Crippen LogP contribution in [0.3, 0.4) is 0 Å². The summed E-state index contributed by atoms with van der Waals surface area (Å²) in [7, 11) is 0. The van der Waals surface area contributed by atoms with Gasteiger partial charge in [0.15, 0.2) is 0 Å². The Kier molecular flexibility index (Phi) is 6.96. The first-order chi connectivity index (χ1) is 12.6. The summed E-state index contributed by atoms with van der Waals surface area (Å²) in [5.41, 5.74) is -0.169. The molecule has 2 N–H and O–H groups in total. The number of aliphatic hydroxyl groups is 2. The summed E-state index contributed by atoms with van der Waals surface area (Å²) in [5, 5.41) is 21.1. The van der Waals surface area contributed by atoms with Crippen molar-refractivity contribution in [1.29, 1.82) is 0 Å². The number of carbonyl (C=O) groups is 1. The first-order valence-corrected chi connectivity index (χ1v) is 11.2. The van der Waals surface area contributed by atoms with E-state index in [4.69, 9.17) is 0 Å². The van der Waals surface area contributed by atoms with Crippen LogP contribution < -0.4 is 0 Å². The molecule has 3 heteroatoms. The van der Waals surface area contributed by atoms with Gasteiger partial charge in [0.25, 0.3) is 0 Å². The lowest BCUT2D eigenvalue weighted by Gasteiger charge is -2.56. The Hall–Kier alpha value is -0.670. The number of unbranched alkanes of at least 4 members (excludes halogenated alkanes) is 3. The molecule has 0 aromatic heterocycles. The summed E-state index contributed by atoms with van der Waals surface area (Å²) < 4.78 is 0. The lowest BCUT2D eigenvalue weighted by atomic mass is 9.47. The van der Waals surface area contributed by atoms with Crippen molar-refractivity contribution in [1.82, 2.24) is 0 Å². The monoisotopic (exact) mass is 362 g/mol. The fourth-order valence-corrected chi connectivity index (χ4v) is 5.82. The Morgan fingerprint density at radius 1 is 1.15 bits per heavy atom. The van der Waals surface area contributed by atoms with E-state index in [9.17, 15) is 15.0 Å². The van der Waals surface area contributed by atoms with E-state index in [1.165, 1.54) is 38.5 Å². The second-order valence-corrected chi connectivity index (χ2v) is 9.16. The molecule has 3 rings (SSSR count). The maximum absolute atomic E-state index is 12.5. The second kappa shape index (κ2) is 9.01. The number of hydrogen-bond acceptors (Lipinski definition) is 3. The minimum Gasteiger partial charge on any atom is -0.393 e. The number of aliphatic hydroxyl groups excluding tert-OH is 2. The fraction of sp³-hybridized carbons (Fsp3) is 0.870. The van der Waals surface area contributed by atoms with E-state index in [1.54, 1.807) is 0 Å². The molecule has 3 aliphatic carbocycles. The van der Waals surface area contributed by atoms with Crippen LogP contribution in [0.2, 0.25) is 0 Å². The van der Waals surface area contributed by atoms with Crippen LogP contribution in [0.1, 0.15) is 90.4 Å². The third kappa shape index (κ3) is 4.09. The first kappa shape index (κ1) is 20.1. The van der Waals surface area contributed by atoms with Gasteiger partial charge in [-0.05, 0) is 43.9 Å². The Labute approximate surface area is 159 Å². The number of hydrogen-bond donors (Lipinski definition) is 2. The molecule has 0 saturated heterocycles. The Bertz CT molecular complexity index is 494. The van der Waals surface area contributed by atoms with E-state index in [-0.39, 0.29) is 29.5 Å². The summed E-state index contributed by atoms with van der Waals surface area (Å²) in [6.45, 7) is 2.21. The molecule has 0 aromatic rings. The van der Waals surface area contributed by atoms with Gasteiger partial charge < -0.3 is 10.2 Å². The van der Waals surface area contributed by atoms with Crippen LogP contribution in [0, 0.1) is 23.2 Å². The molecule has 0 spiro atoms. The van der Waals surface area contributed by atoms with Gasteiger partial charge in [0, 0.05) is 17.8 Å². The van der Waals surface area contributed by atoms with Crippen molar-refractivity contribution < 1.29 is 15.0 Å². The molecule has 0 radical (unpaired) electrons. The standard InChI is InChI=1S/C23H38O3/c1-2-3-4-8-14-23-15-13-21(25)18(19(23)16-22(23)26)11-12-20(24)17-9-6-5-7-10-17/h11-12,17-21,24-25H,2-10,13-16H2,1H3/t18-,19-,20-,21-,23+/m1/s1. The third-order valence-electron chi connectivity index (χ3n) is 7.61. The van der Waals surface area contributed by atoms with Crippen LogP contribution in [0.5, 0.6) is 0 Å². The van der Waals surface area contributed by atoms with E-state index in [2.05, 4.69) is 13.0 Å². The zero-order chi connectivity index (χ0) is 18.6. The van der Waals surface area contributed by atoms with E-state index < -0.39 is 0 Å². The molecule has 0 aromatic carbocycles. The molecular weight excluding hydrogens is 324 g/mol. The maximum Gasteiger partial charge on any atom is 0.139 e. The lowest BCUT2D eigenvalue weighted by molar-refractivity contribution is -0.161. The molecule has 0 heterocycles. The van der Waals surface area contributed by atoms with Crippen molar-refractivity contribution in [3.63, 3.8) is 0 Å². The van der Waals surface area contributed by atoms with Crippen molar-refractivity contribution in [2.24, 2.45) is 23.2 Å². The molecule has 3 saturated carbocycles.